The van der Waals surface area contributed by atoms with Gasteiger partial charge in [-0.3, -0.25) is 0 Å². The Kier molecular flexibility index (Phi) is 3.96. The summed E-state index contributed by atoms with van der Waals surface area (Å²) in [4.78, 5) is 0. The molecule has 0 saturated carbocycles. The molecule has 6 nitrogen and oxygen atoms in total. The van der Waals surface area contributed by atoms with Crippen LogP contribution in [-0.2, 0) is 16.6 Å². The van der Waals surface area contributed by atoms with Gasteiger partial charge in [0.05, 0.1) is 10.8 Å². The minimum atomic E-state index is -3.43. The van der Waals surface area contributed by atoms with Crippen molar-refractivity contribution in [3.8, 4) is 11.5 Å². The fourth-order valence-electron chi connectivity index (χ4n) is 1.57. The van der Waals surface area contributed by atoms with Crippen LogP contribution in [-0.4, -0.2) is 27.5 Å². The maximum atomic E-state index is 10.7. The largest absolute Gasteiger partial charge is 0.454 e. The molecule has 0 aromatic heterocycles. The predicted molar refractivity (Wildman–Crippen MR) is 67.3 cm³/mol. The maximum absolute atomic E-state index is 10.7. The number of rotatable bonds is 5. The Morgan fingerprint density at radius 1 is 1.39 bits per heavy atom. The molecule has 18 heavy (non-hydrogen) atoms. The molecule has 0 amide bonds. The van der Waals surface area contributed by atoms with Gasteiger partial charge in [-0.15, -0.1) is 0 Å². The second-order valence-corrected chi connectivity index (χ2v) is 6.00. The van der Waals surface area contributed by atoms with Crippen LogP contribution < -0.4 is 19.9 Å². The summed E-state index contributed by atoms with van der Waals surface area (Å²) in [5.41, 5.74) is 0.888. The lowest BCUT2D eigenvalue weighted by atomic mass is 10.2. The van der Waals surface area contributed by atoms with Gasteiger partial charge in [-0.1, -0.05) is 11.6 Å². The lowest BCUT2D eigenvalue weighted by molar-refractivity contribution is 0.174. The van der Waals surface area contributed by atoms with Crippen LogP contribution in [0.3, 0.4) is 0 Å². The van der Waals surface area contributed by atoms with E-state index in [1.54, 1.807) is 12.1 Å². The number of nitrogens with one attached hydrogen (secondary N) is 1. The third-order valence-electron chi connectivity index (χ3n) is 2.38. The average Bonchev–Trinajstić information content (AvgIpc) is 2.71. The molecular formula is C10H13ClN2O4S. The summed E-state index contributed by atoms with van der Waals surface area (Å²) in [6, 6.07) is 3.55. The molecule has 0 fully saturated rings. The van der Waals surface area contributed by atoms with Crippen molar-refractivity contribution < 1.29 is 17.9 Å². The molecule has 1 aliphatic rings. The molecule has 0 radical (unpaired) electrons. The smallest absolute Gasteiger partial charge is 0.231 e. The van der Waals surface area contributed by atoms with E-state index in [4.69, 9.17) is 26.2 Å². The lowest BCUT2D eigenvalue weighted by Gasteiger charge is -2.06. The van der Waals surface area contributed by atoms with Gasteiger partial charge < -0.3 is 14.8 Å². The fourth-order valence-corrected chi connectivity index (χ4v) is 2.29. The molecule has 1 aromatic carbocycles. The number of fused-ring (bicyclic) bond motifs is 1. The van der Waals surface area contributed by atoms with E-state index in [1.807, 2.05) is 0 Å². The monoisotopic (exact) mass is 292 g/mol. The first-order valence-electron chi connectivity index (χ1n) is 5.25. The Morgan fingerprint density at radius 2 is 2.17 bits per heavy atom. The van der Waals surface area contributed by atoms with E-state index in [1.165, 1.54) is 0 Å². The van der Waals surface area contributed by atoms with Gasteiger partial charge in [0.2, 0.25) is 16.8 Å². The van der Waals surface area contributed by atoms with Crippen LogP contribution in [0.1, 0.15) is 5.56 Å². The first-order valence-corrected chi connectivity index (χ1v) is 7.34. The van der Waals surface area contributed by atoms with E-state index < -0.39 is 10.0 Å². The minimum Gasteiger partial charge on any atom is -0.454 e. The summed E-state index contributed by atoms with van der Waals surface area (Å²) in [5.74, 6) is 1.04. The van der Waals surface area contributed by atoms with Crippen molar-refractivity contribution in [3.63, 3.8) is 0 Å². The van der Waals surface area contributed by atoms with Crippen LogP contribution >= 0.6 is 11.6 Å². The van der Waals surface area contributed by atoms with E-state index in [9.17, 15) is 8.42 Å². The number of benzene rings is 1. The Labute approximate surface area is 110 Å². The SMILES string of the molecule is NS(=O)(=O)CCNCc1cc(Cl)c2c(c1)OCO2. The molecule has 3 N–H and O–H groups in total. The van der Waals surface area contributed by atoms with Gasteiger partial charge in [-0.05, 0) is 17.7 Å². The van der Waals surface area contributed by atoms with Crippen LogP contribution in [0.4, 0.5) is 0 Å². The first-order chi connectivity index (χ1) is 8.46. The molecule has 1 heterocycles. The Balaban J connectivity index is 1.93. The van der Waals surface area contributed by atoms with Crippen LogP contribution in [0.5, 0.6) is 11.5 Å². The summed E-state index contributed by atoms with van der Waals surface area (Å²) in [6.07, 6.45) is 0. The zero-order valence-electron chi connectivity index (χ0n) is 9.48. The van der Waals surface area contributed by atoms with Crippen LogP contribution in [0, 0.1) is 0 Å². The quantitative estimate of drug-likeness (QED) is 0.769. The highest BCUT2D eigenvalue weighted by Gasteiger charge is 2.18. The van der Waals surface area contributed by atoms with Crippen molar-refractivity contribution in [2.24, 2.45) is 5.14 Å². The van der Waals surface area contributed by atoms with Crippen molar-refractivity contribution in [1.82, 2.24) is 5.32 Å². The maximum Gasteiger partial charge on any atom is 0.231 e. The number of ether oxygens (including phenoxy) is 2. The molecule has 0 aliphatic carbocycles. The number of sulfonamides is 1. The molecule has 0 bridgehead atoms. The van der Waals surface area contributed by atoms with Gasteiger partial charge in [0.25, 0.3) is 0 Å². The molecule has 8 heteroatoms. The third-order valence-corrected chi connectivity index (χ3v) is 3.43. The van der Waals surface area contributed by atoms with E-state index in [0.717, 1.165) is 5.56 Å². The van der Waals surface area contributed by atoms with Crippen molar-refractivity contribution in [1.29, 1.82) is 0 Å². The standard InChI is InChI=1S/C10H13ClN2O4S/c11-8-3-7(4-9-10(8)17-6-16-9)5-13-1-2-18(12,14)15/h3-4,13H,1-2,5-6H2,(H2,12,14,15). The van der Waals surface area contributed by atoms with E-state index >= 15 is 0 Å². The molecular weight excluding hydrogens is 280 g/mol. The molecule has 100 valence electrons. The molecule has 0 unspecified atom stereocenters. The van der Waals surface area contributed by atoms with Crippen molar-refractivity contribution in [2.45, 2.75) is 6.54 Å². The van der Waals surface area contributed by atoms with E-state index in [0.29, 0.717) is 23.1 Å². The number of hydrogen-bond donors (Lipinski definition) is 2. The van der Waals surface area contributed by atoms with Gasteiger partial charge >= 0.3 is 0 Å². The van der Waals surface area contributed by atoms with E-state index in [2.05, 4.69) is 5.32 Å². The Morgan fingerprint density at radius 3 is 2.89 bits per heavy atom. The summed E-state index contributed by atoms with van der Waals surface area (Å²) >= 11 is 6.01. The second kappa shape index (κ2) is 5.31. The zero-order valence-corrected chi connectivity index (χ0v) is 11.1. The van der Waals surface area contributed by atoms with Crippen molar-refractivity contribution in [3.05, 3.63) is 22.7 Å². The Bertz CT molecular complexity index is 547. The van der Waals surface area contributed by atoms with Crippen molar-refractivity contribution in [2.75, 3.05) is 19.1 Å². The normalized spacial score (nSPS) is 13.9. The van der Waals surface area contributed by atoms with Gasteiger partial charge in [-0.2, -0.15) is 0 Å². The first kappa shape index (κ1) is 13.4. The van der Waals surface area contributed by atoms with E-state index in [-0.39, 0.29) is 19.1 Å². The van der Waals surface area contributed by atoms with Gasteiger partial charge in [0, 0.05) is 13.1 Å². The fraction of sp³-hybridized carbons (Fsp3) is 0.400. The highest BCUT2D eigenvalue weighted by molar-refractivity contribution is 7.89. The summed E-state index contributed by atoms with van der Waals surface area (Å²) in [5, 5.41) is 8.33. The van der Waals surface area contributed by atoms with Gasteiger partial charge in [0.15, 0.2) is 11.5 Å². The number of hydrogen-bond acceptors (Lipinski definition) is 5. The topological polar surface area (TPSA) is 90.7 Å². The predicted octanol–water partition coefficient (Wildman–Crippen LogP) is 0.447. The van der Waals surface area contributed by atoms with Crippen LogP contribution in [0.25, 0.3) is 0 Å². The van der Waals surface area contributed by atoms with Crippen LogP contribution in [0.15, 0.2) is 12.1 Å². The minimum absolute atomic E-state index is 0.106. The highest BCUT2D eigenvalue weighted by atomic mass is 35.5. The zero-order chi connectivity index (χ0) is 13.2. The summed E-state index contributed by atoms with van der Waals surface area (Å²) in [7, 11) is -3.43. The van der Waals surface area contributed by atoms with Gasteiger partial charge in [-0.25, -0.2) is 13.6 Å². The molecule has 0 atom stereocenters. The number of nitrogens with two attached hydrogens (primary N) is 1. The Hall–Kier alpha value is -1.02. The van der Waals surface area contributed by atoms with Crippen LogP contribution in [0.2, 0.25) is 5.02 Å². The summed E-state index contributed by atoms with van der Waals surface area (Å²) in [6.45, 7) is 0.925. The highest BCUT2D eigenvalue weighted by Crippen LogP contribution is 2.39. The molecule has 2 rings (SSSR count). The van der Waals surface area contributed by atoms with Gasteiger partial charge in [0.1, 0.15) is 0 Å². The third kappa shape index (κ3) is 3.49. The van der Waals surface area contributed by atoms with Crippen molar-refractivity contribution >= 4 is 21.6 Å². The summed E-state index contributed by atoms with van der Waals surface area (Å²) < 4.78 is 31.9. The number of halogens is 1. The lowest BCUT2D eigenvalue weighted by Crippen LogP contribution is -2.26. The molecule has 1 aliphatic heterocycles. The molecule has 1 aromatic rings. The molecule has 0 spiro atoms. The molecule has 0 saturated heterocycles. The number of primary sulfonamides is 1. The second-order valence-electron chi connectivity index (χ2n) is 3.86. The average molecular weight is 293 g/mol.